The monoisotopic (exact) mass is 149 g/mol. The highest BCUT2D eigenvalue weighted by atomic mass is 35.5. The Morgan fingerprint density at radius 1 is 2.00 bits per heavy atom. The van der Waals surface area contributed by atoms with Crippen LogP contribution in [0, 0.1) is 0 Å². The second kappa shape index (κ2) is 2.76. The van der Waals surface area contributed by atoms with Gasteiger partial charge in [-0.2, -0.15) is 0 Å². The summed E-state index contributed by atoms with van der Waals surface area (Å²) in [6.45, 7) is 4.19. The molecule has 0 aromatic rings. The molecule has 0 radical (unpaired) electrons. The van der Waals surface area contributed by atoms with Crippen molar-refractivity contribution in [3.05, 3.63) is 10.4 Å². The number of nitrogens with zero attached hydrogens (tertiary/aromatic N) is 1. The first-order chi connectivity index (χ1) is 3.83. The fourth-order valence-corrected chi connectivity index (χ4v) is 1.60. The van der Waals surface area contributed by atoms with Gasteiger partial charge in [0.25, 0.3) is 0 Å². The Hall–Kier alpha value is 0.340. The molecule has 0 aliphatic carbocycles. The van der Waals surface area contributed by atoms with Crippen molar-refractivity contribution in [2.24, 2.45) is 0 Å². The van der Waals surface area contributed by atoms with Crippen LogP contribution in [0.5, 0.6) is 0 Å². The molecule has 3 heteroatoms. The minimum absolute atomic E-state index is 0.909. The van der Waals surface area contributed by atoms with E-state index in [-0.39, 0.29) is 0 Å². The quantitative estimate of drug-likeness (QED) is 0.525. The zero-order valence-electron chi connectivity index (χ0n) is 4.72. The summed E-state index contributed by atoms with van der Waals surface area (Å²) in [5.74, 6) is 0. The summed E-state index contributed by atoms with van der Waals surface area (Å²) in [7, 11) is 0. The van der Waals surface area contributed by atoms with Crippen LogP contribution in [0.1, 0.15) is 6.92 Å². The van der Waals surface area contributed by atoms with E-state index in [0.29, 0.717) is 0 Å². The largest absolute Gasteiger partial charge is 0.242 e. The molecule has 8 heavy (non-hydrogen) atoms. The molecule has 0 N–H and O–H groups in total. The van der Waals surface area contributed by atoms with Gasteiger partial charge in [0.05, 0.1) is 4.36 Å². The maximum atomic E-state index is 5.67. The van der Waals surface area contributed by atoms with Gasteiger partial charge in [-0.05, 0) is 18.0 Å². The van der Waals surface area contributed by atoms with Crippen molar-refractivity contribution in [1.82, 2.24) is 4.31 Å². The van der Waals surface area contributed by atoms with Crippen molar-refractivity contribution in [3.8, 4) is 0 Å². The third kappa shape index (κ3) is 1.41. The van der Waals surface area contributed by atoms with Crippen molar-refractivity contribution in [1.29, 1.82) is 0 Å². The van der Waals surface area contributed by atoms with Gasteiger partial charge in [0.1, 0.15) is 0 Å². The third-order valence-corrected chi connectivity index (χ3v) is 2.39. The molecule has 0 bridgehead atoms. The number of likely N-dealkylation sites (N-methyl/N-ethyl adjacent to an activating group) is 1. The van der Waals surface area contributed by atoms with Gasteiger partial charge < -0.3 is 0 Å². The van der Waals surface area contributed by atoms with Crippen molar-refractivity contribution in [3.63, 3.8) is 0 Å². The summed E-state index contributed by atoms with van der Waals surface area (Å²) in [5.41, 5.74) is 0. The van der Waals surface area contributed by atoms with E-state index in [1.807, 2.05) is 6.08 Å². The molecular formula is C5H8ClNS. The van der Waals surface area contributed by atoms with E-state index in [1.54, 1.807) is 11.9 Å². The van der Waals surface area contributed by atoms with Crippen LogP contribution < -0.4 is 0 Å². The van der Waals surface area contributed by atoms with Crippen LogP contribution in [0.4, 0.5) is 0 Å². The summed E-state index contributed by atoms with van der Waals surface area (Å²) in [5, 5.41) is 0. The van der Waals surface area contributed by atoms with E-state index in [0.717, 1.165) is 17.5 Å². The lowest BCUT2D eigenvalue weighted by molar-refractivity contribution is 0.562. The Morgan fingerprint density at radius 3 is 3.00 bits per heavy atom. The van der Waals surface area contributed by atoms with Gasteiger partial charge in [-0.15, -0.1) is 0 Å². The van der Waals surface area contributed by atoms with Crippen molar-refractivity contribution >= 4 is 23.5 Å². The van der Waals surface area contributed by atoms with Gasteiger partial charge in [-0.25, -0.2) is 4.31 Å². The molecule has 0 amide bonds. The molecular weight excluding hydrogens is 142 g/mol. The third-order valence-electron chi connectivity index (χ3n) is 1.02. The van der Waals surface area contributed by atoms with Gasteiger partial charge in [-0.1, -0.05) is 18.5 Å². The van der Waals surface area contributed by atoms with Gasteiger partial charge in [0.2, 0.25) is 0 Å². The minimum atomic E-state index is 0.909. The number of halogens is 1. The van der Waals surface area contributed by atoms with Crippen LogP contribution >= 0.6 is 23.5 Å². The summed E-state index contributed by atoms with van der Waals surface area (Å²) in [6.07, 6.45) is 2.02. The van der Waals surface area contributed by atoms with Crippen LogP contribution in [0.25, 0.3) is 0 Å². The summed E-state index contributed by atoms with van der Waals surface area (Å²) in [6, 6.07) is 0. The Bertz CT molecular complexity index is 113. The molecule has 0 fully saturated rings. The predicted octanol–water partition coefficient (Wildman–Crippen LogP) is 2.05. The molecule has 0 saturated heterocycles. The maximum absolute atomic E-state index is 5.67. The van der Waals surface area contributed by atoms with Gasteiger partial charge >= 0.3 is 0 Å². The highest BCUT2D eigenvalue weighted by Crippen LogP contribution is 2.29. The second-order valence-corrected chi connectivity index (χ2v) is 3.35. The highest BCUT2D eigenvalue weighted by Gasteiger charge is 2.09. The zero-order valence-corrected chi connectivity index (χ0v) is 6.30. The van der Waals surface area contributed by atoms with Gasteiger partial charge in [0.15, 0.2) is 0 Å². The molecule has 1 rings (SSSR count). The average molecular weight is 150 g/mol. The number of hydrogen-bond donors (Lipinski definition) is 0. The SMILES string of the molecule is CCN1CC=C(Cl)S1. The van der Waals surface area contributed by atoms with Crippen molar-refractivity contribution in [2.75, 3.05) is 13.1 Å². The lowest BCUT2D eigenvalue weighted by atomic mass is 10.6. The predicted molar refractivity (Wildman–Crippen MR) is 38.8 cm³/mol. The lowest BCUT2D eigenvalue weighted by Gasteiger charge is -2.07. The first kappa shape index (κ1) is 6.46. The summed E-state index contributed by atoms with van der Waals surface area (Å²) in [4.78, 5) is 0. The molecule has 1 aliphatic rings. The van der Waals surface area contributed by atoms with Crippen molar-refractivity contribution < 1.29 is 0 Å². The van der Waals surface area contributed by atoms with Crippen LogP contribution in [-0.2, 0) is 0 Å². The fraction of sp³-hybridized carbons (Fsp3) is 0.600. The second-order valence-electron chi connectivity index (χ2n) is 1.58. The Labute approximate surface area is 58.8 Å². The molecule has 1 nitrogen and oxygen atoms in total. The van der Waals surface area contributed by atoms with Crippen LogP contribution in [0.15, 0.2) is 10.4 Å². The fourth-order valence-electron chi connectivity index (χ4n) is 0.565. The Morgan fingerprint density at radius 2 is 2.75 bits per heavy atom. The van der Waals surface area contributed by atoms with Crippen LogP contribution in [0.3, 0.4) is 0 Å². The molecule has 0 atom stereocenters. The molecule has 0 spiro atoms. The Balaban J connectivity index is 2.32. The summed E-state index contributed by atoms with van der Waals surface area (Å²) < 4.78 is 3.11. The summed E-state index contributed by atoms with van der Waals surface area (Å²) >= 11 is 7.29. The van der Waals surface area contributed by atoms with Gasteiger partial charge in [-0.3, -0.25) is 0 Å². The van der Waals surface area contributed by atoms with Gasteiger partial charge in [0, 0.05) is 13.1 Å². The molecule has 0 saturated carbocycles. The minimum Gasteiger partial charge on any atom is -0.242 e. The molecule has 0 unspecified atom stereocenters. The molecule has 46 valence electrons. The number of hydrogen-bond acceptors (Lipinski definition) is 2. The zero-order chi connectivity index (χ0) is 5.98. The molecule has 0 aromatic heterocycles. The normalized spacial score (nSPS) is 21.5. The van der Waals surface area contributed by atoms with E-state index in [9.17, 15) is 0 Å². The topological polar surface area (TPSA) is 3.24 Å². The molecule has 1 heterocycles. The lowest BCUT2D eigenvalue weighted by Crippen LogP contribution is -2.09. The van der Waals surface area contributed by atoms with Crippen LogP contribution in [-0.4, -0.2) is 17.4 Å². The van der Waals surface area contributed by atoms with E-state index in [1.165, 1.54) is 0 Å². The van der Waals surface area contributed by atoms with Crippen LogP contribution in [0.2, 0.25) is 0 Å². The van der Waals surface area contributed by atoms with E-state index >= 15 is 0 Å². The Kier molecular flexibility index (Phi) is 2.23. The average Bonchev–Trinajstić information content (AvgIpc) is 2.14. The number of rotatable bonds is 1. The molecule has 1 aliphatic heterocycles. The van der Waals surface area contributed by atoms with Crippen molar-refractivity contribution in [2.45, 2.75) is 6.92 Å². The maximum Gasteiger partial charge on any atom is 0.0862 e. The van der Waals surface area contributed by atoms with E-state index in [2.05, 4.69) is 11.2 Å². The highest BCUT2D eigenvalue weighted by molar-refractivity contribution is 8.02. The smallest absolute Gasteiger partial charge is 0.0862 e. The standard InChI is InChI=1S/C5H8ClNS/c1-2-7-4-3-5(6)8-7/h3H,2,4H2,1H3. The molecule has 0 aromatic carbocycles. The van der Waals surface area contributed by atoms with E-state index < -0.39 is 0 Å². The first-order valence-electron chi connectivity index (χ1n) is 2.61. The van der Waals surface area contributed by atoms with E-state index in [4.69, 9.17) is 11.6 Å². The first-order valence-corrected chi connectivity index (χ1v) is 3.76.